The van der Waals surface area contributed by atoms with E-state index in [1.165, 1.54) is 5.56 Å². The zero-order valence-electron chi connectivity index (χ0n) is 16.1. The molecule has 0 radical (unpaired) electrons. The molecule has 1 atom stereocenters. The van der Waals surface area contributed by atoms with E-state index in [0.29, 0.717) is 35.8 Å². The maximum Gasteiger partial charge on any atom is 0.177 e. The molecule has 1 unspecified atom stereocenters. The van der Waals surface area contributed by atoms with Gasteiger partial charge in [-0.1, -0.05) is 45.0 Å². The molecule has 138 valence electrons. The lowest BCUT2D eigenvalue weighted by Crippen LogP contribution is -2.30. The van der Waals surface area contributed by atoms with E-state index in [-0.39, 0.29) is 17.1 Å². The fraction of sp³-hybridized carbons (Fsp3) is 0.409. The Morgan fingerprint density at radius 1 is 1.08 bits per heavy atom. The number of ether oxygens (including phenoxy) is 3. The Balaban J connectivity index is 1.83. The Morgan fingerprint density at radius 2 is 1.77 bits per heavy atom. The van der Waals surface area contributed by atoms with Gasteiger partial charge in [-0.2, -0.15) is 0 Å². The summed E-state index contributed by atoms with van der Waals surface area (Å²) in [6, 6.07) is 12.0. The Morgan fingerprint density at radius 3 is 2.35 bits per heavy atom. The van der Waals surface area contributed by atoms with Gasteiger partial charge < -0.3 is 14.2 Å². The molecule has 0 aliphatic carbocycles. The second-order valence-electron chi connectivity index (χ2n) is 7.73. The van der Waals surface area contributed by atoms with E-state index >= 15 is 0 Å². The zero-order valence-corrected chi connectivity index (χ0v) is 16.1. The van der Waals surface area contributed by atoms with Crippen molar-refractivity contribution < 1.29 is 19.0 Å². The lowest BCUT2D eigenvalue weighted by molar-refractivity contribution is 0.0825. The van der Waals surface area contributed by atoms with Crippen molar-refractivity contribution in [3.63, 3.8) is 0 Å². The summed E-state index contributed by atoms with van der Waals surface area (Å²) in [5.41, 5.74) is 3.05. The van der Waals surface area contributed by atoms with E-state index in [2.05, 4.69) is 45.0 Å². The van der Waals surface area contributed by atoms with Crippen LogP contribution in [0.25, 0.3) is 0 Å². The molecule has 3 rings (SSSR count). The van der Waals surface area contributed by atoms with Gasteiger partial charge in [-0.05, 0) is 23.0 Å². The van der Waals surface area contributed by atoms with Gasteiger partial charge in [-0.15, -0.1) is 0 Å². The fourth-order valence-corrected chi connectivity index (χ4v) is 3.25. The van der Waals surface area contributed by atoms with Crippen LogP contribution < -0.4 is 14.2 Å². The first kappa shape index (κ1) is 18.3. The molecule has 0 fully saturated rings. The van der Waals surface area contributed by atoms with Gasteiger partial charge >= 0.3 is 0 Å². The molecular formula is C22H26O4. The number of rotatable bonds is 4. The van der Waals surface area contributed by atoms with Crippen molar-refractivity contribution in [3.05, 3.63) is 53.1 Å². The molecule has 4 heteroatoms. The minimum Gasteiger partial charge on any atom is -0.496 e. The van der Waals surface area contributed by atoms with Crippen LogP contribution in [0.1, 0.15) is 42.3 Å². The van der Waals surface area contributed by atoms with Crippen molar-refractivity contribution in [1.82, 2.24) is 0 Å². The van der Waals surface area contributed by atoms with E-state index in [9.17, 15) is 4.79 Å². The van der Waals surface area contributed by atoms with Crippen molar-refractivity contribution in [2.75, 3.05) is 20.8 Å². The highest BCUT2D eigenvalue weighted by molar-refractivity contribution is 6.04. The Bertz CT molecular complexity index is 783. The SMILES string of the molecule is COc1cc(OC)c2c(c1)OCC(Cc1ccc(C(C)(C)C)cc1)C2=O. The Hall–Kier alpha value is -2.49. The van der Waals surface area contributed by atoms with E-state index in [1.807, 2.05) is 0 Å². The molecule has 26 heavy (non-hydrogen) atoms. The molecule has 0 N–H and O–H groups in total. The lowest BCUT2D eigenvalue weighted by atomic mass is 9.85. The van der Waals surface area contributed by atoms with Crippen LogP contribution in [0.5, 0.6) is 17.2 Å². The van der Waals surface area contributed by atoms with Crippen LogP contribution in [0.15, 0.2) is 36.4 Å². The molecule has 1 aliphatic heterocycles. The molecule has 0 bridgehead atoms. The third-order valence-electron chi connectivity index (χ3n) is 4.85. The van der Waals surface area contributed by atoms with E-state index in [1.54, 1.807) is 26.4 Å². The lowest BCUT2D eigenvalue weighted by Gasteiger charge is -2.26. The molecule has 2 aromatic carbocycles. The Kier molecular flexibility index (Phi) is 4.94. The summed E-state index contributed by atoms with van der Waals surface area (Å²) in [4.78, 5) is 13.0. The van der Waals surface area contributed by atoms with Crippen molar-refractivity contribution in [2.45, 2.75) is 32.6 Å². The van der Waals surface area contributed by atoms with Crippen LogP contribution >= 0.6 is 0 Å². The van der Waals surface area contributed by atoms with E-state index in [0.717, 1.165) is 5.56 Å². The van der Waals surface area contributed by atoms with Gasteiger partial charge in [-0.25, -0.2) is 0 Å². The number of Topliss-reactive ketones (excluding diaryl/α,β-unsaturated/α-hetero) is 1. The van der Waals surface area contributed by atoms with Crippen LogP contribution in [-0.2, 0) is 11.8 Å². The molecule has 0 spiro atoms. The number of carbonyl (C=O) groups excluding carboxylic acids is 1. The summed E-state index contributed by atoms with van der Waals surface area (Å²) in [7, 11) is 3.13. The van der Waals surface area contributed by atoms with Gasteiger partial charge in [0.15, 0.2) is 5.78 Å². The minimum atomic E-state index is -0.217. The van der Waals surface area contributed by atoms with Crippen LogP contribution in [0.4, 0.5) is 0 Å². The van der Waals surface area contributed by atoms with Gasteiger partial charge in [0.1, 0.15) is 22.8 Å². The second kappa shape index (κ2) is 7.02. The summed E-state index contributed by atoms with van der Waals surface area (Å²) in [5, 5.41) is 0. The summed E-state index contributed by atoms with van der Waals surface area (Å²) >= 11 is 0. The topological polar surface area (TPSA) is 44.8 Å². The third-order valence-corrected chi connectivity index (χ3v) is 4.85. The quantitative estimate of drug-likeness (QED) is 0.814. The summed E-state index contributed by atoms with van der Waals surface area (Å²) in [6.45, 7) is 6.94. The van der Waals surface area contributed by atoms with E-state index in [4.69, 9.17) is 14.2 Å². The van der Waals surface area contributed by atoms with Crippen molar-refractivity contribution >= 4 is 5.78 Å². The maximum atomic E-state index is 13.0. The summed E-state index contributed by atoms with van der Waals surface area (Å²) in [5.74, 6) is 1.49. The fourth-order valence-electron chi connectivity index (χ4n) is 3.25. The summed E-state index contributed by atoms with van der Waals surface area (Å²) < 4.78 is 16.5. The van der Waals surface area contributed by atoms with Gasteiger partial charge in [0.25, 0.3) is 0 Å². The molecule has 0 aromatic heterocycles. The predicted octanol–water partition coefficient (Wildman–Crippen LogP) is 4.44. The maximum absolute atomic E-state index is 13.0. The monoisotopic (exact) mass is 354 g/mol. The highest BCUT2D eigenvalue weighted by Gasteiger charge is 2.32. The summed E-state index contributed by atoms with van der Waals surface area (Å²) in [6.07, 6.45) is 0.651. The number of fused-ring (bicyclic) bond motifs is 1. The standard InChI is InChI=1S/C22H26O4/c1-22(2,3)16-8-6-14(7-9-16)10-15-13-26-19-12-17(24-4)11-18(25-5)20(19)21(15)23/h6-9,11-12,15H,10,13H2,1-5H3. The molecule has 4 nitrogen and oxygen atoms in total. The van der Waals surface area contributed by atoms with Gasteiger partial charge in [0.2, 0.25) is 0 Å². The molecule has 2 aromatic rings. The van der Waals surface area contributed by atoms with Gasteiger partial charge in [0.05, 0.1) is 26.7 Å². The van der Waals surface area contributed by atoms with E-state index < -0.39 is 0 Å². The van der Waals surface area contributed by atoms with Gasteiger partial charge in [0, 0.05) is 12.1 Å². The first-order valence-corrected chi connectivity index (χ1v) is 8.86. The number of methoxy groups -OCH3 is 2. The second-order valence-corrected chi connectivity index (χ2v) is 7.73. The van der Waals surface area contributed by atoms with Crippen molar-refractivity contribution in [1.29, 1.82) is 0 Å². The first-order chi connectivity index (χ1) is 12.3. The molecule has 1 heterocycles. The highest BCUT2D eigenvalue weighted by atomic mass is 16.5. The molecule has 0 saturated carbocycles. The number of carbonyl (C=O) groups is 1. The molecule has 1 aliphatic rings. The number of hydrogen-bond acceptors (Lipinski definition) is 4. The molecule has 0 saturated heterocycles. The first-order valence-electron chi connectivity index (χ1n) is 8.86. The Labute approximate surface area is 155 Å². The van der Waals surface area contributed by atoms with Crippen LogP contribution in [0.2, 0.25) is 0 Å². The predicted molar refractivity (Wildman–Crippen MR) is 102 cm³/mol. The van der Waals surface area contributed by atoms with Gasteiger partial charge in [-0.3, -0.25) is 4.79 Å². The smallest absolute Gasteiger partial charge is 0.177 e. The van der Waals surface area contributed by atoms with Crippen molar-refractivity contribution in [3.8, 4) is 17.2 Å². The largest absolute Gasteiger partial charge is 0.496 e. The van der Waals surface area contributed by atoms with Crippen LogP contribution in [0, 0.1) is 5.92 Å². The van der Waals surface area contributed by atoms with Crippen molar-refractivity contribution in [2.24, 2.45) is 5.92 Å². The third kappa shape index (κ3) is 3.55. The highest BCUT2D eigenvalue weighted by Crippen LogP contribution is 2.39. The average molecular weight is 354 g/mol. The normalized spacial score (nSPS) is 16.7. The number of ketones is 1. The number of hydrogen-bond donors (Lipinski definition) is 0. The minimum absolute atomic E-state index is 0.0608. The van der Waals surface area contributed by atoms with Crippen LogP contribution in [-0.4, -0.2) is 26.6 Å². The average Bonchev–Trinajstić information content (AvgIpc) is 2.62. The zero-order chi connectivity index (χ0) is 18.9. The molecular weight excluding hydrogens is 328 g/mol. The number of benzene rings is 2. The van der Waals surface area contributed by atoms with Crippen LogP contribution in [0.3, 0.4) is 0 Å². The molecule has 0 amide bonds.